The van der Waals surface area contributed by atoms with Crippen LogP contribution in [0.4, 0.5) is 0 Å². The molecule has 8 nitrogen and oxygen atoms in total. The summed E-state index contributed by atoms with van der Waals surface area (Å²) in [6.07, 6.45) is 2.06. The summed E-state index contributed by atoms with van der Waals surface area (Å²) >= 11 is 0. The van der Waals surface area contributed by atoms with Crippen LogP contribution in [0.5, 0.6) is 0 Å². The van der Waals surface area contributed by atoms with Gasteiger partial charge in [0, 0.05) is 19.1 Å². The van der Waals surface area contributed by atoms with E-state index in [0.29, 0.717) is 19.4 Å². The summed E-state index contributed by atoms with van der Waals surface area (Å²) in [5.41, 5.74) is -1.12. The molecule has 3 fully saturated rings. The molecule has 2 bridgehead atoms. The lowest BCUT2D eigenvalue weighted by molar-refractivity contribution is -0.151. The molecule has 2 unspecified atom stereocenters. The Labute approximate surface area is 152 Å². The number of carbonyl (C=O) groups is 3. The molecule has 3 heterocycles. The third-order valence-corrected chi connectivity index (χ3v) is 5.89. The van der Waals surface area contributed by atoms with Crippen LogP contribution in [0.15, 0.2) is 12.7 Å². The van der Waals surface area contributed by atoms with Crippen LogP contribution < -0.4 is 0 Å². The number of amides is 2. The highest BCUT2D eigenvalue weighted by molar-refractivity contribution is 5.98. The van der Waals surface area contributed by atoms with Crippen LogP contribution in [-0.4, -0.2) is 81.3 Å². The van der Waals surface area contributed by atoms with Crippen molar-refractivity contribution in [2.75, 3.05) is 19.7 Å². The number of fused-ring (bicyclic) bond motifs is 1. The molecule has 3 aliphatic heterocycles. The number of carboxylic acids is 1. The van der Waals surface area contributed by atoms with E-state index in [-0.39, 0.29) is 25.1 Å². The Hall–Kier alpha value is -1.93. The van der Waals surface area contributed by atoms with Crippen LogP contribution in [0.3, 0.4) is 0 Å². The second-order valence-electron chi connectivity index (χ2n) is 7.52. The number of carboxylic acid groups (broad SMARTS) is 1. The molecule has 0 aromatic heterocycles. The number of likely N-dealkylation sites (tertiary alicyclic amines) is 1. The maximum absolute atomic E-state index is 13.4. The fraction of sp³-hybridized carbons (Fsp3) is 0.722. The highest BCUT2D eigenvalue weighted by Crippen LogP contribution is 2.58. The molecule has 3 rings (SSSR count). The molecule has 5 atom stereocenters. The Morgan fingerprint density at radius 3 is 2.73 bits per heavy atom. The minimum Gasteiger partial charge on any atom is -0.481 e. The predicted octanol–water partition coefficient (Wildman–Crippen LogP) is -0.139. The average Bonchev–Trinajstić information content (AvgIpc) is 3.20. The van der Waals surface area contributed by atoms with E-state index in [1.165, 1.54) is 4.90 Å². The molecule has 0 aromatic carbocycles. The lowest BCUT2D eigenvalue weighted by Gasteiger charge is -2.38. The summed E-state index contributed by atoms with van der Waals surface area (Å²) in [7, 11) is 0. The highest BCUT2D eigenvalue weighted by Gasteiger charge is 2.74. The minimum atomic E-state index is -1.12. The second-order valence-corrected chi connectivity index (χ2v) is 7.52. The number of hydrogen-bond donors (Lipinski definition) is 2. The van der Waals surface area contributed by atoms with Gasteiger partial charge in [0.1, 0.15) is 11.6 Å². The summed E-state index contributed by atoms with van der Waals surface area (Å²) in [5.74, 6) is -3.58. The Morgan fingerprint density at radius 1 is 1.50 bits per heavy atom. The van der Waals surface area contributed by atoms with Crippen molar-refractivity contribution >= 4 is 17.8 Å². The fourth-order valence-electron chi connectivity index (χ4n) is 4.91. The lowest BCUT2D eigenvalue weighted by atomic mass is 9.70. The van der Waals surface area contributed by atoms with Gasteiger partial charge in [-0.15, -0.1) is 6.58 Å². The molecule has 26 heavy (non-hydrogen) atoms. The molecule has 3 saturated heterocycles. The van der Waals surface area contributed by atoms with E-state index < -0.39 is 41.5 Å². The van der Waals surface area contributed by atoms with Gasteiger partial charge in [-0.25, -0.2) is 0 Å². The van der Waals surface area contributed by atoms with Crippen LogP contribution in [0.25, 0.3) is 0 Å². The van der Waals surface area contributed by atoms with Crippen LogP contribution in [0.1, 0.15) is 26.7 Å². The number of aliphatic hydroxyl groups excluding tert-OH is 1. The number of hydrogen-bond acceptors (Lipinski definition) is 5. The molecule has 8 heteroatoms. The van der Waals surface area contributed by atoms with Crippen molar-refractivity contribution in [1.82, 2.24) is 9.80 Å². The molecule has 144 valence electrons. The largest absolute Gasteiger partial charge is 0.481 e. The smallest absolute Gasteiger partial charge is 0.310 e. The zero-order valence-corrected chi connectivity index (χ0v) is 15.1. The summed E-state index contributed by atoms with van der Waals surface area (Å²) in [6.45, 7) is 7.43. The second kappa shape index (κ2) is 6.66. The molecular formula is C18H26N2O6. The monoisotopic (exact) mass is 366 g/mol. The number of aliphatic carboxylic acids is 1. The first-order valence-corrected chi connectivity index (χ1v) is 9.03. The number of nitrogens with zero attached hydrogens (tertiary/aromatic N) is 2. The van der Waals surface area contributed by atoms with Gasteiger partial charge in [0.15, 0.2) is 0 Å². The molecule has 0 aliphatic carbocycles. The predicted molar refractivity (Wildman–Crippen MR) is 91.1 cm³/mol. The van der Waals surface area contributed by atoms with E-state index in [2.05, 4.69) is 6.58 Å². The first-order chi connectivity index (χ1) is 12.3. The summed E-state index contributed by atoms with van der Waals surface area (Å²) < 4.78 is 6.05. The zero-order chi connectivity index (χ0) is 19.2. The maximum Gasteiger partial charge on any atom is 0.310 e. The van der Waals surface area contributed by atoms with Crippen molar-refractivity contribution in [3.05, 3.63) is 12.7 Å². The van der Waals surface area contributed by atoms with E-state index in [9.17, 15) is 24.6 Å². The fourth-order valence-corrected chi connectivity index (χ4v) is 4.91. The number of β-amino-alcohol motifs (C(OH)–C–C–N with tert-alkyl or cyclic N) is 1. The Balaban J connectivity index is 2.04. The molecular weight excluding hydrogens is 340 g/mol. The zero-order valence-electron chi connectivity index (χ0n) is 15.1. The third-order valence-electron chi connectivity index (χ3n) is 5.89. The Morgan fingerprint density at radius 2 is 2.19 bits per heavy atom. The van der Waals surface area contributed by atoms with Gasteiger partial charge in [0.25, 0.3) is 0 Å². The van der Waals surface area contributed by atoms with Gasteiger partial charge in [-0.3, -0.25) is 14.4 Å². The number of carbonyl (C=O) groups excluding carboxylic acids is 2. The van der Waals surface area contributed by atoms with Gasteiger partial charge < -0.3 is 24.7 Å². The van der Waals surface area contributed by atoms with Crippen LogP contribution in [-0.2, 0) is 19.1 Å². The van der Waals surface area contributed by atoms with Crippen molar-refractivity contribution in [2.24, 2.45) is 11.8 Å². The SMILES string of the molecule is C=CCN(C(=O)C1N(CCO)C(=O)[C@@H]2[C@@H](C(=O)O)[C@H]3CCC12O3)C(C)C. The highest BCUT2D eigenvalue weighted by atomic mass is 16.5. The first kappa shape index (κ1) is 18.8. The van der Waals surface area contributed by atoms with Crippen molar-refractivity contribution in [3.63, 3.8) is 0 Å². The van der Waals surface area contributed by atoms with E-state index in [1.807, 2.05) is 13.8 Å². The quantitative estimate of drug-likeness (QED) is 0.608. The van der Waals surface area contributed by atoms with E-state index in [1.54, 1.807) is 11.0 Å². The maximum atomic E-state index is 13.4. The van der Waals surface area contributed by atoms with Gasteiger partial charge in [0.2, 0.25) is 11.8 Å². The molecule has 2 N–H and O–H groups in total. The number of ether oxygens (including phenoxy) is 1. The number of aliphatic hydroxyl groups is 1. The first-order valence-electron chi connectivity index (χ1n) is 9.03. The Bertz CT molecular complexity index is 635. The Kier molecular flexibility index (Phi) is 4.83. The summed E-state index contributed by atoms with van der Waals surface area (Å²) in [6, 6.07) is -1.03. The van der Waals surface area contributed by atoms with Crippen LogP contribution >= 0.6 is 0 Å². The van der Waals surface area contributed by atoms with Crippen molar-refractivity contribution in [1.29, 1.82) is 0 Å². The van der Waals surface area contributed by atoms with Gasteiger partial charge in [-0.05, 0) is 26.7 Å². The lowest BCUT2D eigenvalue weighted by Crippen LogP contribution is -2.57. The van der Waals surface area contributed by atoms with Crippen molar-refractivity contribution in [3.8, 4) is 0 Å². The number of rotatable bonds is 7. The molecule has 0 aromatic rings. The molecule has 0 radical (unpaired) electrons. The summed E-state index contributed by atoms with van der Waals surface area (Å²) in [5, 5.41) is 19.0. The molecule has 3 aliphatic rings. The topological polar surface area (TPSA) is 107 Å². The standard InChI is InChI=1S/C18H26N2O6/c1-4-7-19(10(2)3)16(23)14-18-6-5-11(26-18)12(17(24)25)13(18)15(22)20(14)8-9-21/h4,10-14,21H,1,5-9H2,2-3H3,(H,24,25)/t11-,12+,13+,14?,18?/m1/s1. The molecule has 2 amide bonds. The van der Waals surface area contributed by atoms with E-state index >= 15 is 0 Å². The molecule has 1 spiro atoms. The van der Waals surface area contributed by atoms with Crippen LogP contribution in [0.2, 0.25) is 0 Å². The molecule has 0 saturated carbocycles. The van der Waals surface area contributed by atoms with Gasteiger partial charge in [0.05, 0.1) is 24.5 Å². The van der Waals surface area contributed by atoms with Gasteiger partial charge in [-0.2, -0.15) is 0 Å². The normalized spacial score (nSPS) is 35.1. The van der Waals surface area contributed by atoms with E-state index in [0.717, 1.165) is 0 Å². The van der Waals surface area contributed by atoms with Crippen molar-refractivity contribution in [2.45, 2.75) is 50.5 Å². The minimum absolute atomic E-state index is 0.0200. The van der Waals surface area contributed by atoms with Crippen molar-refractivity contribution < 1.29 is 29.3 Å². The third kappa shape index (κ3) is 2.46. The van der Waals surface area contributed by atoms with Gasteiger partial charge in [-0.1, -0.05) is 6.08 Å². The summed E-state index contributed by atoms with van der Waals surface area (Å²) in [4.78, 5) is 41.1. The van der Waals surface area contributed by atoms with Gasteiger partial charge >= 0.3 is 5.97 Å². The van der Waals surface area contributed by atoms with Crippen LogP contribution in [0, 0.1) is 11.8 Å². The van der Waals surface area contributed by atoms with E-state index in [4.69, 9.17) is 4.74 Å². The average molecular weight is 366 g/mol.